The third kappa shape index (κ3) is 7.51. The van der Waals surface area contributed by atoms with Crippen LogP contribution in [0.15, 0.2) is 12.7 Å². The second kappa shape index (κ2) is 15.8. The van der Waals surface area contributed by atoms with E-state index in [9.17, 15) is 27.6 Å². The van der Waals surface area contributed by atoms with E-state index in [0.29, 0.717) is 12.8 Å². The normalized spacial score (nSPS) is 32.6. The lowest BCUT2D eigenvalue weighted by molar-refractivity contribution is -0.145. The fourth-order valence-electron chi connectivity index (χ4n) is 11.7. The smallest absolute Gasteiger partial charge is 0.303 e. The van der Waals surface area contributed by atoms with Crippen LogP contribution in [-0.4, -0.2) is 115 Å². The van der Waals surface area contributed by atoms with Gasteiger partial charge in [-0.1, -0.05) is 72.8 Å². The Hall–Kier alpha value is -3.04. The summed E-state index contributed by atoms with van der Waals surface area (Å²) in [5.74, 6) is -3.56. The number of piperidine rings is 1. The first-order valence-electron chi connectivity index (χ1n) is 23.1. The number of carbonyl (C=O) groups excluding carboxylic acids is 5. The fraction of sp³-hybridized carbons (Fsp3) is 0.837. The molecule has 2 aliphatic heterocycles. The van der Waals surface area contributed by atoms with E-state index in [1.165, 1.54) is 6.08 Å². The van der Waals surface area contributed by atoms with Gasteiger partial charge in [-0.05, 0) is 93.9 Å². The monoisotopic (exact) mass is 833 g/mol. The van der Waals surface area contributed by atoms with Crippen molar-refractivity contribution in [3.8, 4) is 0 Å². The van der Waals surface area contributed by atoms with Gasteiger partial charge < -0.3 is 20.9 Å². The number of fused-ring (bicyclic) bond motifs is 1. The van der Waals surface area contributed by atoms with Crippen molar-refractivity contribution in [2.75, 3.05) is 27.1 Å². The van der Waals surface area contributed by atoms with Crippen molar-refractivity contribution in [1.29, 1.82) is 0 Å². The zero-order valence-electron chi connectivity index (χ0n) is 39.0. The number of nitrogens with zero attached hydrogens (tertiary/aromatic N) is 3. The van der Waals surface area contributed by atoms with Gasteiger partial charge in [0.1, 0.15) is 23.7 Å². The summed E-state index contributed by atoms with van der Waals surface area (Å²) >= 11 is 0. The van der Waals surface area contributed by atoms with Crippen LogP contribution in [-0.2, 0) is 34.2 Å². The van der Waals surface area contributed by atoms with E-state index in [0.717, 1.165) is 77.8 Å². The van der Waals surface area contributed by atoms with Gasteiger partial charge in [-0.25, -0.2) is 4.72 Å². The zero-order valence-corrected chi connectivity index (χ0v) is 36.9. The summed E-state index contributed by atoms with van der Waals surface area (Å²) in [6, 6.07) is -3.19. The average Bonchev–Trinajstić information content (AvgIpc) is 3.89. The van der Waals surface area contributed by atoms with Crippen molar-refractivity contribution >= 4 is 39.7 Å². The lowest BCUT2D eigenvalue weighted by Crippen LogP contribution is -2.63. The molecule has 2 spiro atoms. The summed E-state index contributed by atoms with van der Waals surface area (Å²) in [7, 11) is -4.00. The first-order valence-corrected chi connectivity index (χ1v) is 23.1. The van der Waals surface area contributed by atoms with Gasteiger partial charge in [-0.15, -0.1) is 6.58 Å². The molecular formula is C43H71N7O7S. The van der Waals surface area contributed by atoms with Gasteiger partial charge in [0, 0.05) is 42.1 Å². The van der Waals surface area contributed by atoms with Crippen molar-refractivity contribution in [3.05, 3.63) is 12.7 Å². The molecule has 4 N–H and O–H groups in total. The molecule has 326 valence electrons. The van der Waals surface area contributed by atoms with E-state index in [-0.39, 0.29) is 52.0 Å². The Kier molecular flexibility index (Phi) is 11.0. The van der Waals surface area contributed by atoms with Crippen LogP contribution >= 0.6 is 0 Å². The van der Waals surface area contributed by atoms with Crippen molar-refractivity contribution < 1.29 is 36.5 Å². The Labute approximate surface area is 351 Å². The topological polar surface area (TPSA) is 177 Å². The molecular weight excluding hydrogens is 759 g/mol. The molecule has 0 radical (unpaired) electrons. The molecule has 0 aromatic heterocycles. The molecule has 6 fully saturated rings. The molecule has 6 rings (SSSR count). The van der Waals surface area contributed by atoms with Crippen LogP contribution in [0.25, 0.3) is 0 Å². The summed E-state index contributed by atoms with van der Waals surface area (Å²) in [5.41, 5.74) is -3.28. The predicted molar refractivity (Wildman–Crippen MR) is 222 cm³/mol. The van der Waals surface area contributed by atoms with Crippen molar-refractivity contribution in [2.45, 2.75) is 168 Å². The van der Waals surface area contributed by atoms with Gasteiger partial charge >= 0.3 is 10.2 Å². The Morgan fingerprint density at radius 2 is 1.55 bits per heavy atom. The van der Waals surface area contributed by atoms with Gasteiger partial charge in [-0.3, -0.25) is 28.9 Å². The highest BCUT2D eigenvalue weighted by Gasteiger charge is 2.85. The van der Waals surface area contributed by atoms with Crippen molar-refractivity contribution in [3.63, 3.8) is 0 Å². The first-order chi connectivity index (χ1) is 28.2. The molecule has 6 aliphatic rings. The zero-order chi connectivity index (χ0) is 45.3. The van der Waals surface area contributed by atoms with E-state index in [2.05, 4.69) is 55.1 Å². The number of likely N-dealkylation sites (tertiary alicyclic amines) is 2. The molecule has 0 bridgehead atoms. The number of carbonyl (C=O) groups is 5. The summed E-state index contributed by atoms with van der Waals surface area (Å²) in [5, 5.41) is 9.10. The highest BCUT2D eigenvalue weighted by molar-refractivity contribution is 7.87. The maximum absolute atomic E-state index is 15.3. The molecule has 58 heavy (non-hydrogen) atoms. The Balaban J connectivity index is 1.28. The molecule has 2 heterocycles. The van der Waals surface area contributed by atoms with Crippen molar-refractivity contribution in [1.82, 2.24) is 34.8 Å². The lowest BCUT2D eigenvalue weighted by atomic mass is 9.73. The van der Waals surface area contributed by atoms with Gasteiger partial charge in [0.2, 0.25) is 23.6 Å². The summed E-state index contributed by atoms with van der Waals surface area (Å²) in [6.45, 7) is 15.9. The molecule has 7 atom stereocenters. The molecule has 4 aliphatic carbocycles. The first kappa shape index (κ1) is 40.4. The van der Waals surface area contributed by atoms with Crippen LogP contribution in [0.1, 0.15) is 136 Å². The Bertz CT molecular complexity index is 1880. The maximum atomic E-state index is 15.3. The standard InChI is InChI=1S/C43H71N7O7S/c1-11-29-24-43(29,38(55)47-58(56,57)48(9)10)46-35(52)31-25-42(40(7,8)41(42)21-17-22-41)26-50(31)37(54)33(39(4,5)6)45-36(53)32(28-18-13-12-14-19-28)44-34(51)30-20-15-16-23-49(30)27(2)3/h11,27-33H,1,12-26H2,2-10H3,(H,44,51)(H,45,53)(H,46,52)(H,47,55)/t29-,30+,31+,32+,33-,42-,43-/m1/s1/i9D3. The third-order valence-electron chi connectivity index (χ3n) is 15.6. The summed E-state index contributed by atoms with van der Waals surface area (Å²) in [4.78, 5) is 76.3. The van der Waals surface area contributed by atoms with E-state index in [4.69, 9.17) is 4.11 Å². The van der Waals surface area contributed by atoms with Crippen LogP contribution < -0.4 is 20.7 Å². The molecule has 2 saturated heterocycles. The Morgan fingerprint density at radius 1 is 0.897 bits per heavy atom. The van der Waals surface area contributed by atoms with Crippen LogP contribution in [0.3, 0.4) is 0 Å². The van der Waals surface area contributed by atoms with Gasteiger partial charge in [-0.2, -0.15) is 12.7 Å². The predicted octanol–water partition coefficient (Wildman–Crippen LogP) is 3.63. The van der Waals surface area contributed by atoms with Crippen molar-refractivity contribution in [2.24, 2.45) is 33.5 Å². The van der Waals surface area contributed by atoms with E-state index < -0.39 is 81.2 Å². The fourth-order valence-corrected chi connectivity index (χ4v) is 12.2. The maximum Gasteiger partial charge on any atom is 0.303 e. The van der Waals surface area contributed by atoms with Gasteiger partial charge in [0.05, 0.1) is 6.04 Å². The summed E-state index contributed by atoms with van der Waals surface area (Å²) in [6.07, 6.45) is 11.8. The number of rotatable bonds is 13. The van der Waals surface area contributed by atoms with Gasteiger partial charge in [0.25, 0.3) is 5.91 Å². The average molecular weight is 833 g/mol. The number of hydrogen-bond donors (Lipinski definition) is 4. The van der Waals surface area contributed by atoms with Crippen LogP contribution in [0, 0.1) is 33.5 Å². The Morgan fingerprint density at radius 3 is 2.09 bits per heavy atom. The number of amides is 5. The molecule has 14 nitrogen and oxygen atoms in total. The quantitative estimate of drug-likeness (QED) is 0.204. The second-order valence-electron chi connectivity index (χ2n) is 20.3. The molecule has 5 amide bonds. The minimum Gasteiger partial charge on any atom is -0.343 e. The van der Waals surface area contributed by atoms with Gasteiger partial charge in [0.15, 0.2) is 0 Å². The van der Waals surface area contributed by atoms with E-state index in [1.807, 2.05) is 25.5 Å². The summed E-state index contributed by atoms with van der Waals surface area (Å²) < 4.78 is 50.5. The molecule has 0 aromatic carbocycles. The number of hydrogen-bond acceptors (Lipinski definition) is 8. The van der Waals surface area contributed by atoms with E-state index in [1.54, 1.807) is 4.90 Å². The van der Waals surface area contributed by atoms with Crippen LogP contribution in [0.4, 0.5) is 0 Å². The highest BCUT2D eigenvalue weighted by Crippen LogP contribution is 2.88. The van der Waals surface area contributed by atoms with E-state index >= 15 is 4.79 Å². The largest absolute Gasteiger partial charge is 0.343 e. The minimum absolute atomic E-state index is 0.0209. The highest BCUT2D eigenvalue weighted by atomic mass is 32.2. The van der Waals surface area contributed by atoms with Crippen LogP contribution in [0.2, 0.25) is 0 Å². The molecule has 4 saturated carbocycles. The molecule has 0 aromatic rings. The number of nitrogens with one attached hydrogen (secondary N) is 4. The third-order valence-corrected chi connectivity index (χ3v) is 16.8. The second-order valence-corrected chi connectivity index (χ2v) is 22.0. The minimum atomic E-state index is -4.83. The SMILES string of the molecule is [2H]C([2H])([2H])N(C)S(=O)(=O)NC(=O)[C@@]1(NC(=O)[C@@H]2C[C@@]3(CN2C(=O)[C@@H](NC(=O)[C@@H](NC(=O)[C@@H]2CCCCN2C(C)C)C2CCCCC2)C(C)(C)C)C(C)(C)C32CCC2)C[C@H]1C=C. The molecule has 15 heteroatoms. The lowest BCUT2D eigenvalue weighted by Gasteiger charge is -2.40. The molecule has 0 unspecified atom stereocenters. The van der Waals surface area contributed by atoms with Crippen LogP contribution in [0.5, 0.6) is 0 Å².